The molecule has 2 heterocycles. The Morgan fingerprint density at radius 3 is 2.70 bits per heavy atom. The number of carbonyl (C=O) groups is 1. The number of nitrogens with zero attached hydrogens (tertiary/aromatic N) is 4. The lowest BCUT2D eigenvalue weighted by atomic mass is 10.2. The maximum Gasteiger partial charge on any atom is 0.319 e. The average Bonchev–Trinajstić information content (AvgIpc) is 3.20. The fourth-order valence-corrected chi connectivity index (χ4v) is 3.10. The normalized spacial score (nSPS) is 11.9. The minimum Gasteiger partial charge on any atom is -0.372 e. The molecule has 2 N–H and O–H groups in total. The van der Waals surface area contributed by atoms with Gasteiger partial charge in [0.25, 0.3) is 5.78 Å². The molecule has 2 aromatic carbocycles. The molecular weight excluding hydrogens is 380 g/mol. The largest absolute Gasteiger partial charge is 0.372 e. The van der Waals surface area contributed by atoms with Gasteiger partial charge in [-0.3, -0.25) is 4.40 Å². The summed E-state index contributed by atoms with van der Waals surface area (Å²) in [5.74, 6) is 1.09. The van der Waals surface area contributed by atoms with E-state index in [1.807, 2.05) is 67.7 Å². The number of carbonyl (C=O) groups excluding carboxylic acids is 1. The van der Waals surface area contributed by atoms with E-state index in [4.69, 9.17) is 4.74 Å². The molecular formula is C22H22N6O2. The third kappa shape index (κ3) is 4.61. The van der Waals surface area contributed by atoms with Crippen LogP contribution in [0.1, 0.15) is 29.9 Å². The maximum atomic E-state index is 12.6. The molecule has 1 unspecified atom stereocenters. The van der Waals surface area contributed by atoms with Crippen LogP contribution in [-0.2, 0) is 18.0 Å². The van der Waals surface area contributed by atoms with Crippen LogP contribution in [0.4, 0.5) is 10.5 Å². The van der Waals surface area contributed by atoms with E-state index in [0.29, 0.717) is 30.5 Å². The standard InChI is InChI=1S/C22H22N6O2/c1-16(20-26-27-21-23-12-7-13-28(20)21)24-22(29)25-19-11-6-5-10-18(19)15-30-14-17-8-3-2-4-9-17/h2-13,16H,14-15H2,1H3,(H2,24,25,29). The van der Waals surface area contributed by atoms with Gasteiger partial charge in [-0.1, -0.05) is 48.5 Å². The first-order chi connectivity index (χ1) is 14.7. The van der Waals surface area contributed by atoms with Crippen molar-refractivity contribution < 1.29 is 9.53 Å². The van der Waals surface area contributed by atoms with Gasteiger partial charge in [0, 0.05) is 23.6 Å². The van der Waals surface area contributed by atoms with Crippen LogP contribution in [0, 0.1) is 0 Å². The summed E-state index contributed by atoms with van der Waals surface area (Å²) in [4.78, 5) is 16.7. The van der Waals surface area contributed by atoms with Crippen molar-refractivity contribution in [3.63, 3.8) is 0 Å². The highest BCUT2D eigenvalue weighted by Gasteiger charge is 2.16. The monoisotopic (exact) mass is 402 g/mol. The van der Waals surface area contributed by atoms with Gasteiger partial charge in [-0.2, -0.15) is 0 Å². The van der Waals surface area contributed by atoms with Crippen molar-refractivity contribution in [3.8, 4) is 0 Å². The number of rotatable bonds is 7. The molecule has 30 heavy (non-hydrogen) atoms. The van der Waals surface area contributed by atoms with Gasteiger partial charge in [-0.15, -0.1) is 10.2 Å². The third-order valence-corrected chi connectivity index (χ3v) is 4.58. The molecule has 0 saturated carbocycles. The summed E-state index contributed by atoms with van der Waals surface area (Å²) in [6.07, 6.45) is 3.46. The Balaban J connectivity index is 1.37. The highest BCUT2D eigenvalue weighted by Crippen LogP contribution is 2.18. The van der Waals surface area contributed by atoms with Gasteiger partial charge in [0.15, 0.2) is 5.82 Å². The van der Waals surface area contributed by atoms with Crippen molar-refractivity contribution in [2.45, 2.75) is 26.2 Å². The zero-order valence-electron chi connectivity index (χ0n) is 16.5. The van der Waals surface area contributed by atoms with Crippen LogP contribution in [0.5, 0.6) is 0 Å². The summed E-state index contributed by atoms with van der Waals surface area (Å²) < 4.78 is 7.56. The van der Waals surface area contributed by atoms with Crippen LogP contribution in [-0.4, -0.2) is 25.6 Å². The van der Waals surface area contributed by atoms with Gasteiger partial charge in [0.05, 0.1) is 19.3 Å². The first kappa shape index (κ1) is 19.5. The number of nitrogens with one attached hydrogen (secondary N) is 2. The molecule has 0 bridgehead atoms. The third-order valence-electron chi connectivity index (χ3n) is 4.58. The van der Waals surface area contributed by atoms with Crippen LogP contribution in [0.15, 0.2) is 73.1 Å². The molecule has 0 saturated heterocycles. The van der Waals surface area contributed by atoms with Gasteiger partial charge in [0.1, 0.15) is 0 Å². The summed E-state index contributed by atoms with van der Waals surface area (Å²) in [6.45, 7) is 2.74. The first-order valence-corrected chi connectivity index (χ1v) is 9.63. The summed E-state index contributed by atoms with van der Waals surface area (Å²) in [5, 5.41) is 13.9. The molecule has 0 aliphatic carbocycles. The summed E-state index contributed by atoms with van der Waals surface area (Å²) in [7, 11) is 0. The van der Waals surface area contributed by atoms with Crippen molar-refractivity contribution in [2.75, 3.05) is 5.32 Å². The molecule has 152 valence electrons. The molecule has 0 fully saturated rings. The van der Waals surface area contributed by atoms with Crippen LogP contribution >= 0.6 is 0 Å². The molecule has 1 atom stereocenters. The first-order valence-electron chi connectivity index (χ1n) is 9.63. The molecule has 2 amide bonds. The number of aromatic nitrogens is 4. The van der Waals surface area contributed by atoms with E-state index >= 15 is 0 Å². The number of hydrogen-bond donors (Lipinski definition) is 2. The SMILES string of the molecule is CC(NC(=O)Nc1ccccc1COCc1ccccc1)c1nnc2ncccn12. The maximum absolute atomic E-state index is 12.6. The van der Waals surface area contributed by atoms with Crippen molar-refractivity contribution in [1.82, 2.24) is 24.9 Å². The number of para-hydroxylation sites is 1. The molecule has 0 aliphatic heterocycles. The highest BCUT2D eigenvalue weighted by molar-refractivity contribution is 5.90. The lowest BCUT2D eigenvalue weighted by Crippen LogP contribution is -2.32. The topological polar surface area (TPSA) is 93.4 Å². The Morgan fingerprint density at radius 1 is 1.03 bits per heavy atom. The Hall–Kier alpha value is -3.78. The number of ether oxygens (including phenoxy) is 1. The Labute approximate surface area is 173 Å². The second-order valence-corrected chi connectivity index (χ2v) is 6.80. The average molecular weight is 402 g/mol. The second-order valence-electron chi connectivity index (χ2n) is 6.80. The van der Waals surface area contributed by atoms with Gasteiger partial charge in [0.2, 0.25) is 0 Å². The molecule has 8 heteroatoms. The minimum atomic E-state index is -0.356. The zero-order valence-corrected chi connectivity index (χ0v) is 16.5. The summed E-state index contributed by atoms with van der Waals surface area (Å²) in [5.41, 5.74) is 2.70. The van der Waals surface area contributed by atoms with Crippen LogP contribution in [0.3, 0.4) is 0 Å². The van der Waals surface area contributed by atoms with Crippen molar-refractivity contribution in [3.05, 3.63) is 90.0 Å². The lowest BCUT2D eigenvalue weighted by Gasteiger charge is -2.15. The smallest absolute Gasteiger partial charge is 0.319 e. The van der Waals surface area contributed by atoms with E-state index in [1.54, 1.807) is 16.7 Å². The minimum absolute atomic E-state index is 0.335. The lowest BCUT2D eigenvalue weighted by molar-refractivity contribution is 0.107. The number of anilines is 1. The van der Waals surface area contributed by atoms with Crippen LogP contribution in [0.2, 0.25) is 0 Å². The predicted octanol–water partition coefficient (Wildman–Crippen LogP) is 3.72. The fourth-order valence-electron chi connectivity index (χ4n) is 3.10. The molecule has 0 aliphatic rings. The molecule has 4 aromatic rings. The summed E-state index contributed by atoms with van der Waals surface area (Å²) in [6, 6.07) is 18.6. The molecule has 0 spiro atoms. The van der Waals surface area contributed by atoms with Crippen molar-refractivity contribution >= 4 is 17.5 Å². The number of fused-ring (bicyclic) bond motifs is 1. The molecule has 0 radical (unpaired) electrons. The van der Waals surface area contributed by atoms with Crippen LogP contribution in [0.25, 0.3) is 5.78 Å². The van der Waals surface area contributed by atoms with Crippen molar-refractivity contribution in [2.24, 2.45) is 0 Å². The van der Waals surface area contributed by atoms with Crippen LogP contribution < -0.4 is 10.6 Å². The van der Waals surface area contributed by atoms with Gasteiger partial charge in [-0.05, 0) is 24.6 Å². The van der Waals surface area contributed by atoms with Crippen molar-refractivity contribution in [1.29, 1.82) is 0 Å². The number of urea groups is 1. The molecule has 8 nitrogen and oxygen atoms in total. The zero-order chi connectivity index (χ0) is 20.8. The Bertz CT molecular complexity index is 1130. The van der Waals surface area contributed by atoms with E-state index in [1.165, 1.54) is 0 Å². The Kier molecular flexibility index (Phi) is 5.95. The number of amides is 2. The van der Waals surface area contributed by atoms with Gasteiger partial charge < -0.3 is 15.4 Å². The van der Waals surface area contributed by atoms with E-state index in [-0.39, 0.29) is 12.1 Å². The summed E-state index contributed by atoms with van der Waals surface area (Å²) >= 11 is 0. The molecule has 4 rings (SSSR count). The second kappa shape index (κ2) is 9.15. The fraction of sp³-hybridized carbons (Fsp3) is 0.182. The number of hydrogen-bond acceptors (Lipinski definition) is 5. The van der Waals surface area contributed by atoms with E-state index in [9.17, 15) is 4.79 Å². The quantitative estimate of drug-likeness (QED) is 0.491. The van der Waals surface area contributed by atoms with E-state index in [0.717, 1.165) is 11.1 Å². The van der Waals surface area contributed by atoms with E-state index < -0.39 is 0 Å². The van der Waals surface area contributed by atoms with E-state index in [2.05, 4.69) is 25.8 Å². The van der Waals surface area contributed by atoms with Gasteiger partial charge >= 0.3 is 6.03 Å². The van der Waals surface area contributed by atoms with Gasteiger partial charge in [-0.25, -0.2) is 9.78 Å². The molecule has 2 aromatic heterocycles. The predicted molar refractivity (Wildman–Crippen MR) is 113 cm³/mol. The highest BCUT2D eigenvalue weighted by atomic mass is 16.5. The number of benzene rings is 2. The Morgan fingerprint density at radius 2 is 1.83 bits per heavy atom.